The van der Waals surface area contributed by atoms with E-state index >= 15 is 0 Å². The first kappa shape index (κ1) is 34.1. The molecule has 3 heterocycles. The average molecular weight is 583 g/mol. The van der Waals surface area contributed by atoms with Gasteiger partial charge in [0, 0.05) is 19.7 Å². The summed E-state index contributed by atoms with van der Waals surface area (Å²) in [4.78, 5) is 40.2. The average Bonchev–Trinajstić information content (AvgIpc) is 3.17. The first-order valence-corrected chi connectivity index (χ1v) is 12.7. The molecule has 0 saturated carbocycles. The standard InChI is InChI=1S/C13H16FN4O12P3.3H3N/c1-3-13(28-33(25,26-2)30-32(23,24)29-31(20,21)22)8(19)4-9(27-13)18-5-7(14)10-11(15)16-6-17-12(10)18;;;/h1,5-6,8-9,19H,4H2,2H3,(H,23,24)(H2,15,16,17)(H2,20,21,22);3*1H3/t8-,9+,13+,33?;;;/m0.../s1. The highest BCUT2D eigenvalue weighted by Crippen LogP contribution is 2.66. The van der Waals surface area contributed by atoms with Gasteiger partial charge in [-0.15, -0.1) is 6.42 Å². The van der Waals surface area contributed by atoms with E-state index in [9.17, 15) is 37.9 Å². The summed E-state index contributed by atoms with van der Waals surface area (Å²) >= 11 is 0. The summed E-state index contributed by atoms with van der Waals surface area (Å²) in [5.41, 5.74) is 5.55. The number of aliphatic hydroxyl groups excluding tert-OH is 1. The molecule has 2 unspecified atom stereocenters. The third-order valence-electron chi connectivity index (χ3n) is 4.15. The van der Waals surface area contributed by atoms with Crippen LogP contribution in [0.2, 0.25) is 0 Å². The van der Waals surface area contributed by atoms with Crippen LogP contribution in [0.15, 0.2) is 12.5 Å². The Morgan fingerprint density at radius 3 is 2.42 bits per heavy atom. The Labute approximate surface area is 202 Å². The minimum atomic E-state index is -6.15. The van der Waals surface area contributed by atoms with Crippen molar-refractivity contribution in [3.8, 4) is 12.3 Å². The molecule has 3 rings (SSSR count). The first-order chi connectivity index (χ1) is 15.1. The largest absolute Gasteiger partial charge is 0.790 e. The number of nitrogen functional groups attached to an aromatic ring is 1. The Morgan fingerprint density at radius 2 is 1.89 bits per heavy atom. The van der Waals surface area contributed by atoms with E-state index in [0.29, 0.717) is 7.11 Å². The maximum absolute atomic E-state index is 14.3. The zero-order valence-electron chi connectivity index (χ0n) is 19.2. The molecule has 19 nitrogen and oxygen atoms in total. The van der Waals surface area contributed by atoms with Crippen LogP contribution in [0.1, 0.15) is 12.6 Å². The van der Waals surface area contributed by atoms with Crippen LogP contribution in [0.3, 0.4) is 0 Å². The highest BCUT2D eigenvalue weighted by molar-refractivity contribution is 7.65. The second kappa shape index (κ2) is 11.7. The minimum Gasteiger partial charge on any atom is -0.790 e. The maximum Gasteiger partial charge on any atom is 0.484 e. The molecule has 23 heteroatoms. The fraction of sp³-hybridized carbons (Fsp3) is 0.385. The van der Waals surface area contributed by atoms with Crippen LogP contribution >= 0.6 is 23.5 Å². The van der Waals surface area contributed by atoms with Crippen LogP contribution in [0.5, 0.6) is 0 Å². The lowest BCUT2D eigenvalue weighted by atomic mass is 10.1. The molecule has 1 aliphatic rings. The molecule has 1 saturated heterocycles. The monoisotopic (exact) mass is 583 g/mol. The molecule has 1 aliphatic heterocycles. The molecule has 0 bridgehead atoms. The third-order valence-corrected chi connectivity index (χ3v) is 8.29. The molecule has 0 amide bonds. The highest BCUT2D eigenvalue weighted by Gasteiger charge is 2.55. The van der Waals surface area contributed by atoms with Crippen molar-refractivity contribution in [2.75, 3.05) is 12.8 Å². The predicted molar refractivity (Wildman–Crippen MR) is 115 cm³/mol. The summed E-state index contributed by atoms with van der Waals surface area (Å²) in [5.74, 6) is -1.96. The van der Waals surface area contributed by atoms with Crippen LogP contribution in [0.25, 0.3) is 11.0 Å². The Hall–Kier alpha value is -1.88. The lowest BCUT2D eigenvalue weighted by Gasteiger charge is -2.37. The van der Waals surface area contributed by atoms with Crippen LogP contribution in [-0.2, 0) is 36.1 Å². The maximum atomic E-state index is 14.3. The van der Waals surface area contributed by atoms with E-state index in [2.05, 4.69) is 23.1 Å². The van der Waals surface area contributed by atoms with Gasteiger partial charge in [-0.25, -0.2) is 27.8 Å². The number of nitrogens with zero attached hydrogens (tertiary/aromatic N) is 3. The number of rotatable bonds is 8. The van der Waals surface area contributed by atoms with Gasteiger partial charge in [-0.2, -0.15) is 0 Å². The van der Waals surface area contributed by atoms with Gasteiger partial charge in [0.2, 0.25) is 0 Å². The van der Waals surface area contributed by atoms with E-state index in [1.54, 1.807) is 0 Å². The number of aromatic nitrogens is 3. The van der Waals surface area contributed by atoms with Crippen molar-refractivity contribution in [3.05, 3.63) is 18.3 Å². The number of quaternary nitrogens is 3. The Balaban J connectivity index is 0.00000408. The Morgan fingerprint density at radius 1 is 1.28 bits per heavy atom. The van der Waals surface area contributed by atoms with Gasteiger partial charge in [0.25, 0.3) is 13.6 Å². The number of phosphoric ester groups is 1. The van der Waals surface area contributed by atoms with E-state index in [4.69, 9.17) is 21.4 Å². The molecule has 15 N–H and O–H groups in total. The lowest BCUT2D eigenvalue weighted by Crippen LogP contribution is -2.40. The number of phosphoric acid groups is 3. The Kier molecular flexibility index (Phi) is 11.1. The molecule has 0 aromatic carbocycles. The second-order valence-electron chi connectivity index (χ2n) is 6.26. The molecule has 36 heavy (non-hydrogen) atoms. The van der Waals surface area contributed by atoms with Crippen molar-refractivity contribution in [3.63, 3.8) is 0 Å². The van der Waals surface area contributed by atoms with Crippen molar-refractivity contribution in [1.82, 2.24) is 33.0 Å². The van der Waals surface area contributed by atoms with E-state index in [1.807, 2.05) is 5.92 Å². The molecule has 5 atom stereocenters. The van der Waals surface area contributed by atoms with Crippen LogP contribution in [-0.4, -0.2) is 38.6 Å². The van der Waals surface area contributed by atoms with Gasteiger partial charge >= 0.3 is 7.82 Å². The normalized spacial score (nSPS) is 24.9. The van der Waals surface area contributed by atoms with Crippen LogP contribution < -0.4 is 38.9 Å². The number of terminal acetylenes is 1. The summed E-state index contributed by atoms with van der Waals surface area (Å²) in [6.07, 6.45) is 3.62. The van der Waals surface area contributed by atoms with Gasteiger partial charge in [-0.1, -0.05) is 0 Å². The summed E-state index contributed by atoms with van der Waals surface area (Å²) < 4.78 is 71.9. The zero-order chi connectivity index (χ0) is 24.8. The van der Waals surface area contributed by atoms with Crippen molar-refractivity contribution < 1.29 is 60.3 Å². The summed E-state index contributed by atoms with van der Waals surface area (Å²) in [7, 11) is -17.1. The van der Waals surface area contributed by atoms with Crippen LogP contribution in [0.4, 0.5) is 10.2 Å². The van der Waals surface area contributed by atoms with E-state index in [1.165, 1.54) is 0 Å². The van der Waals surface area contributed by atoms with Gasteiger partial charge in [0.1, 0.15) is 24.5 Å². The third kappa shape index (κ3) is 6.90. The molecule has 206 valence electrons. The molecular weight excluding hydrogens is 558 g/mol. The fourth-order valence-electron chi connectivity index (χ4n) is 2.88. The minimum absolute atomic E-state index is 0. The van der Waals surface area contributed by atoms with Gasteiger partial charge in [-0.05, 0) is 5.92 Å². The number of fused-ring (bicyclic) bond motifs is 1. The van der Waals surface area contributed by atoms with Gasteiger partial charge in [0.05, 0.1) is 13.2 Å². The van der Waals surface area contributed by atoms with E-state index < -0.39 is 53.8 Å². The van der Waals surface area contributed by atoms with Crippen molar-refractivity contribution in [2.45, 2.75) is 24.5 Å². The molecule has 1 fully saturated rings. The highest BCUT2D eigenvalue weighted by atomic mass is 31.3. The molecular formula is C13H25FN7O12P3. The van der Waals surface area contributed by atoms with Crippen LogP contribution in [0, 0.1) is 18.2 Å². The SMILES string of the molecule is C#C[C@]1(OP(=O)(OC)OP(=O)([O-])OP(=O)([O-])[O-])O[C@@H](n2cc(F)c3c(N)ncnc32)C[C@@H]1O.[NH4+].[NH4+].[NH4+]. The lowest BCUT2D eigenvalue weighted by molar-refractivity contribution is -0.339. The summed E-state index contributed by atoms with van der Waals surface area (Å²) in [5, 5.41) is 10.3. The number of hydrogen-bond acceptors (Lipinski definition) is 15. The number of hydrogen-bond donors (Lipinski definition) is 5. The number of aliphatic hydroxyl groups is 1. The fourth-order valence-corrected chi connectivity index (χ4v) is 6.25. The smallest absolute Gasteiger partial charge is 0.484 e. The predicted octanol–water partition coefficient (Wildman–Crippen LogP) is -0.00810. The van der Waals surface area contributed by atoms with Gasteiger partial charge < -0.3 is 57.8 Å². The summed E-state index contributed by atoms with van der Waals surface area (Å²) in [6, 6.07) is 0. The quantitative estimate of drug-likeness (QED) is 0.201. The number of ether oxygens (including phenoxy) is 1. The number of nitrogens with two attached hydrogens (primary N) is 1. The molecule has 2 aromatic rings. The van der Waals surface area contributed by atoms with E-state index in [-0.39, 0.29) is 35.3 Å². The Bertz CT molecular complexity index is 1270. The summed E-state index contributed by atoms with van der Waals surface area (Å²) in [6.45, 7) is 0. The van der Waals surface area contributed by atoms with E-state index in [0.717, 1.165) is 17.1 Å². The number of halogens is 1. The van der Waals surface area contributed by atoms with Gasteiger partial charge in [-0.3, -0.25) is 13.4 Å². The molecule has 2 aromatic heterocycles. The number of anilines is 1. The van der Waals surface area contributed by atoms with Crippen molar-refractivity contribution >= 4 is 40.3 Å². The second-order valence-corrected chi connectivity index (χ2v) is 10.8. The zero-order valence-corrected chi connectivity index (χ0v) is 21.9. The van der Waals surface area contributed by atoms with Crippen molar-refractivity contribution in [1.29, 1.82) is 0 Å². The topological polar surface area (TPSA) is 353 Å². The first-order valence-electron chi connectivity index (χ1n) is 8.37. The molecule has 0 aliphatic carbocycles. The van der Waals surface area contributed by atoms with Gasteiger partial charge in [0.15, 0.2) is 11.5 Å². The molecule has 0 radical (unpaired) electrons. The van der Waals surface area contributed by atoms with Crippen molar-refractivity contribution in [2.24, 2.45) is 0 Å². The molecule has 0 spiro atoms.